The number of aromatic nitrogens is 3. The molecule has 1 aliphatic heterocycles. The number of hydrogen-bond acceptors (Lipinski definition) is 3. The van der Waals surface area contributed by atoms with E-state index < -0.39 is 0 Å². The smallest absolute Gasteiger partial charge is 0.123 e. The summed E-state index contributed by atoms with van der Waals surface area (Å²) in [6.07, 6.45) is 5.55. The molecule has 1 aromatic heterocycles. The molecule has 2 aromatic carbocycles. The molecule has 0 atom stereocenters. The van der Waals surface area contributed by atoms with Crippen molar-refractivity contribution in [3.05, 3.63) is 66.0 Å². The quantitative estimate of drug-likeness (QED) is 0.582. The minimum Gasteiger partial charge on any atom is -0.299 e. The monoisotopic (exact) mass is 386 g/mol. The van der Waals surface area contributed by atoms with E-state index in [0.29, 0.717) is 0 Å². The van der Waals surface area contributed by atoms with Crippen LogP contribution in [0, 0.1) is 5.82 Å². The molecule has 0 amide bonds. The minimum atomic E-state index is -0.174. The van der Waals surface area contributed by atoms with Crippen molar-refractivity contribution in [1.82, 2.24) is 19.9 Å². The number of para-hydroxylation sites is 1. The maximum atomic E-state index is 13.0. The zero-order valence-electron chi connectivity index (χ0n) is 15.2. The van der Waals surface area contributed by atoms with Crippen LogP contribution >= 0.6 is 12.4 Å². The van der Waals surface area contributed by atoms with Crippen LogP contribution in [-0.2, 0) is 6.54 Å². The van der Waals surface area contributed by atoms with Gasteiger partial charge in [-0.05, 0) is 61.2 Å². The maximum Gasteiger partial charge on any atom is 0.123 e. The average molecular weight is 387 g/mol. The van der Waals surface area contributed by atoms with Gasteiger partial charge in [0.1, 0.15) is 11.3 Å². The summed E-state index contributed by atoms with van der Waals surface area (Å²) in [5, 5.41) is 8.45. The fourth-order valence-electron chi connectivity index (χ4n) is 3.52. The van der Waals surface area contributed by atoms with Crippen LogP contribution < -0.4 is 0 Å². The van der Waals surface area contributed by atoms with Crippen molar-refractivity contribution in [3.8, 4) is 0 Å². The fourth-order valence-corrected chi connectivity index (χ4v) is 3.52. The Labute approximate surface area is 165 Å². The zero-order chi connectivity index (χ0) is 17.8. The Balaban J connectivity index is 0.00000210. The number of fused-ring (bicyclic) bond motifs is 1. The van der Waals surface area contributed by atoms with Crippen LogP contribution in [0.15, 0.2) is 54.6 Å². The lowest BCUT2D eigenvalue weighted by Crippen LogP contribution is -2.29. The van der Waals surface area contributed by atoms with Gasteiger partial charge in [0.25, 0.3) is 0 Å². The highest BCUT2D eigenvalue weighted by molar-refractivity contribution is 5.85. The highest BCUT2D eigenvalue weighted by atomic mass is 35.5. The van der Waals surface area contributed by atoms with Crippen LogP contribution in [0.25, 0.3) is 16.6 Å². The highest BCUT2D eigenvalue weighted by Crippen LogP contribution is 2.22. The standard InChI is InChI=1S/C21H23FN4.ClH/c22-19-9-7-17(8-10-19)18-11-15-25(16-12-18)13-3-4-14-26-21-6-2-1-5-20(21)23-24-26;/h1-2,5-11H,3-4,12-16H2;1H. The SMILES string of the molecule is Cl.Fc1ccc(C2=CCN(CCCCn3nnc4ccccc43)CC2)cc1. The summed E-state index contributed by atoms with van der Waals surface area (Å²) >= 11 is 0. The fraction of sp³-hybridized carbons (Fsp3) is 0.333. The van der Waals surface area contributed by atoms with Crippen LogP contribution in [0.2, 0.25) is 0 Å². The van der Waals surface area contributed by atoms with Crippen LogP contribution in [0.3, 0.4) is 0 Å². The second-order valence-corrected chi connectivity index (χ2v) is 6.80. The van der Waals surface area contributed by atoms with E-state index in [2.05, 4.69) is 27.4 Å². The van der Waals surface area contributed by atoms with Gasteiger partial charge in [0.2, 0.25) is 0 Å². The van der Waals surface area contributed by atoms with E-state index in [1.54, 1.807) is 0 Å². The molecule has 142 valence electrons. The van der Waals surface area contributed by atoms with Crippen LogP contribution in [0.4, 0.5) is 4.39 Å². The summed E-state index contributed by atoms with van der Waals surface area (Å²) in [6, 6.07) is 14.9. The van der Waals surface area contributed by atoms with Crippen LogP contribution in [0.1, 0.15) is 24.8 Å². The van der Waals surface area contributed by atoms with Gasteiger partial charge in [0, 0.05) is 19.6 Å². The number of aryl methyl sites for hydroxylation is 1. The minimum absolute atomic E-state index is 0. The predicted molar refractivity (Wildman–Crippen MR) is 109 cm³/mol. The van der Waals surface area contributed by atoms with Gasteiger partial charge < -0.3 is 0 Å². The molecule has 0 aliphatic carbocycles. The largest absolute Gasteiger partial charge is 0.299 e. The summed E-state index contributed by atoms with van der Waals surface area (Å²) < 4.78 is 15.0. The molecule has 0 spiro atoms. The van der Waals surface area contributed by atoms with E-state index in [-0.39, 0.29) is 18.2 Å². The van der Waals surface area contributed by atoms with Gasteiger partial charge in [-0.15, -0.1) is 17.5 Å². The third kappa shape index (κ3) is 4.73. The summed E-state index contributed by atoms with van der Waals surface area (Å²) in [6.45, 7) is 4.04. The zero-order valence-corrected chi connectivity index (χ0v) is 16.0. The van der Waals surface area contributed by atoms with E-state index in [1.807, 2.05) is 35.0 Å². The number of hydrogen-bond donors (Lipinski definition) is 0. The Hall–Kier alpha value is -2.24. The Bertz CT molecular complexity index is 904. The van der Waals surface area contributed by atoms with E-state index in [4.69, 9.17) is 0 Å². The first-order valence-corrected chi connectivity index (χ1v) is 9.25. The van der Waals surface area contributed by atoms with Gasteiger partial charge in [-0.1, -0.05) is 35.6 Å². The number of halogens is 2. The first-order valence-electron chi connectivity index (χ1n) is 9.25. The number of rotatable bonds is 6. The Morgan fingerprint density at radius 3 is 2.52 bits per heavy atom. The van der Waals surface area contributed by atoms with Crippen molar-refractivity contribution < 1.29 is 4.39 Å². The van der Waals surface area contributed by atoms with Crippen LogP contribution in [-0.4, -0.2) is 39.5 Å². The molecule has 0 N–H and O–H groups in total. The third-order valence-electron chi connectivity index (χ3n) is 5.02. The summed E-state index contributed by atoms with van der Waals surface area (Å²) in [5.41, 5.74) is 4.54. The van der Waals surface area contributed by atoms with E-state index >= 15 is 0 Å². The van der Waals surface area contributed by atoms with Crippen molar-refractivity contribution in [2.75, 3.05) is 19.6 Å². The van der Waals surface area contributed by atoms with Gasteiger partial charge in [-0.3, -0.25) is 4.90 Å². The molecule has 27 heavy (non-hydrogen) atoms. The Morgan fingerprint density at radius 2 is 1.74 bits per heavy atom. The van der Waals surface area contributed by atoms with E-state index in [0.717, 1.165) is 62.0 Å². The first kappa shape index (κ1) is 19.5. The molecule has 4 rings (SSSR count). The Kier molecular flexibility index (Phi) is 6.58. The highest BCUT2D eigenvalue weighted by Gasteiger charge is 2.12. The topological polar surface area (TPSA) is 34.0 Å². The molecular weight excluding hydrogens is 363 g/mol. The lowest BCUT2D eigenvalue weighted by atomic mass is 9.99. The number of benzene rings is 2. The third-order valence-corrected chi connectivity index (χ3v) is 5.02. The molecule has 0 saturated heterocycles. The molecule has 0 fully saturated rings. The second-order valence-electron chi connectivity index (χ2n) is 6.80. The van der Waals surface area contributed by atoms with Crippen molar-refractivity contribution in [1.29, 1.82) is 0 Å². The van der Waals surface area contributed by atoms with Gasteiger partial charge in [0.05, 0.1) is 5.52 Å². The molecule has 0 unspecified atom stereocenters. The van der Waals surface area contributed by atoms with Gasteiger partial charge in [-0.25, -0.2) is 9.07 Å². The van der Waals surface area contributed by atoms with Crippen molar-refractivity contribution in [3.63, 3.8) is 0 Å². The van der Waals surface area contributed by atoms with Gasteiger partial charge in [0.15, 0.2) is 0 Å². The summed E-state index contributed by atoms with van der Waals surface area (Å²) in [5.74, 6) is -0.174. The van der Waals surface area contributed by atoms with Gasteiger partial charge >= 0.3 is 0 Å². The normalized spacial score (nSPS) is 14.8. The molecule has 0 bridgehead atoms. The molecule has 2 heterocycles. The maximum absolute atomic E-state index is 13.0. The van der Waals surface area contributed by atoms with E-state index in [9.17, 15) is 4.39 Å². The second kappa shape index (κ2) is 9.11. The molecule has 0 saturated carbocycles. The molecular formula is C21H24ClFN4. The molecule has 6 heteroatoms. The summed E-state index contributed by atoms with van der Waals surface area (Å²) in [7, 11) is 0. The molecule has 4 nitrogen and oxygen atoms in total. The predicted octanol–water partition coefficient (Wildman–Crippen LogP) is 4.56. The first-order chi connectivity index (χ1) is 12.8. The van der Waals surface area contributed by atoms with Gasteiger partial charge in [-0.2, -0.15) is 0 Å². The summed E-state index contributed by atoms with van der Waals surface area (Å²) in [4.78, 5) is 2.48. The molecule has 1 aliphatic rings. The Morgan fingerprint density at radius 1 is 0.963 bits per heavy atom. The van der Waals surface area contributed by atoms with Crippen molar-refractivity contribution in [2.24, 2.45) is 0 Å². The van der Waals surface area contributed by atoms with Crippen molar-refractivity contribution >= 4 is 29.0 Å². The van der Waals surface area contributed by atoms with Crippen molar-refractivity contribution in [2.45, 2.75) is 25.8 Å². The number of nitrogens with zero attached hydrogens (tertiary/aromatic N) is 4. The molecule has 0 radical (unpaired) electrons. The lowest BCUT2D eigenvalue weighted by molar-refractivity contribution is 0.292. The van der Waals surface area contributed by atoms with E-state index in [1.165, 1.54) is 17.7 Å². The lowest BCUT2D eigenvalue weighted by Gasteiger charge is -2.26. The number of unbranched alkanes of at least 4 members (excludes halogenated alkanes) is 1. The molecule has 3 aromatic rings. The average Bonchev–Trinajstić information content (AvgIpc) is 3.10. The van der Waals surface area contributed by atoms with Crippen LogP contribution in [0.5, 0.6) is 0 Å².